The van der Waals surface area contributed by atoms with Gasteiger partial charge >= 0.3 is 5.97 Å². The van der Waals surface area contributed by atoms with E-state index in [1.165, 1.54) is 18.9 Å². The number of carbonyl (C=O) groups excluding carboxylic acids is 4. The first-order chi connectivity index (χ1) is 14.9. The maximum Gasteiger partial charge on any atom is 0.311 e. The first kappa shape index (κ1) is 21.8. The molecular formula is C22H23N3O6. The molecule has 1 fully saturated rings. The Kier molecular flexibility index (Phi) is 6.86. The van der Waals surface area contributed by atoms with E-state index in [1.807, 2.05) is 0 Å². The van der Waals surface area contributed by atoms with Crippen LogP contribution in [0.1, 0.15) is 13.3 Å². The number of amides is 3. The van der Waals surface area contributed by atoms with Gasteiger partial charge in [0.25, 0.3) is 5.91 Å². The van der Waals surface area contributed by atoms with Crippen molar-refractivity contribution in [3.8, 4) is 5.75 Å². The molecule has 0 spiro atoms. The number of esters is 1. The number of nitrogens with one attached hydrogen (secondary N) is 2. The normalized spacial score (nSPS) is 15.4. The number of carbonyl (C=O) groups is 4. The van der Waals surface area contributed by atoms with Crippen LogP contribution in [0.4, 0.5) is 17.1 Å². The third-order valence-electron chi connectivity index (χ3n) is 4.66. The predicted octanol–water partition coefficient (Wildman–Crippen LogP) is 2.19. The molecule has 2 N–H and O–H groups in total. The lowest BCUT2D eigenvalue weighted by atomic mass is 10.1. The van der Waals surface area contributed by atoms with Crippen molar-refractivity contribution in [3.05, 3.63) is 48.5 Å². The van der Waals surface area contributed by atoms with Crippen molar-refractivity contribution in [2.45, 2.75) is 13.3 Å². The minimum Gasteiger partial charge on any atom is -0.497 e. The van der Waals surface area contributed by atoms with Crippen LogP contribution in [0.5, 0.6) is 5.75 Å². The van der Waals surface area contributed by atoms with E-state index in [4.69, 9.17) is 9.47 Å². The molecule has 0 unspecified atom stereocenters. The van der Waals surface area contributed by atoms with Crippen molar-refractivity contribution < 1.29 is 28.7 Å². The molecule has 3 amide bonds. The van der Waals surface area contributed by atoms with E-state index in [0.29, 0.717) is 22.8 Å². The number of methoxy groups -OCH3 is 1. The average Bonchev–Trinajstić information content (AvgIpc) is 3.15. The fraction of sp³-hybridized carbons (Fsp3) is 0.273. The van der Waals surface area contributed by atoms with Gasteiger partial charge in [0.05, 0.1) is 13.0 Å². The molecule has 2 aromatic rings. The highest BCUT2D eigenvalue weighted by Crippen LogP contribution is 2.28. The fourth-order valence-electron chi connectivity index (χ4n) is 3.19. The largest absolute Gasteiger partial charge is 0.497 e. The van der Waals surface area contributed by atoms with Crippen LogP contribution in [0.2, 0.25) is 0 Å². The first-order valence-electron chi connectivity index (χ1n) is 9.64. The Labute approximate surface area is 179 Å². The average molecular weight is 425 g/mol. The third kappa shape index (κ3) is 5.81. The zero-order valence-corrected chi connectivity index (χ0v) is 17.2. The van der Waals surface area contributed by atoms with Crippen LogP contribution < -0.4 is 20.3 Å². The van der Waals surface area contributed by atoms with Gasteiger partial charge in [-0.25, -0.2) is 0 Å². The highest BCUT2D eigenvalue weighted by Gasteiger charge is 2.36. The standard InChI is InChI=1S/C22H23N3O6/c1-14(26)23-16-6-8-17(9-7-16)24-20(27)13-31-22(29)15-10-21(28)25(12-15)18-4-3-5-19(11-18)30-2/h3-9,11,15H,10,12-13H2,1-2H3,(H,23,26)(H,24,27)/t15-/m1/s1. The zero-order chi connectivity index (χ0) is 22.4. The van der Waals surface area contributed by atoms with Crippen LogP contribution in [-0.2, 0) is 23.9 Å². The van der Waals surface area contributed by atoms with Gasteiger partial charge in [0.1, 0.15) is 5.75 Å². The Morgan fingerprint density at radius 3 is 2.39 bits per heavy atom. The second kappa shape index (κ2) is 9.75. The molecular weight excluding hydrogens is 402 g/mol. The summed E-state index contributed by atoms with van der Waals surface area (Å²) in [7, 11) is 1.54. The van der Waals surface area contributed by atoms with Crippen LogP contribution in [0.25, 0.3) is 0 Å². The van der Waals surface area contributed by atoms with Gasteiger partial charge in [-0.15, -0.1) is 0 Å². The van der Waals surface area contributed by atoms with Crippen molar-refractivity contribution in [1.82, 2.24) is 0 Å². The van der Waals surface area contributed by atoms with E-state index >= 15 is 0 Å². The van der Waals surface area contributed by atoms with Gasteiger partial charge in [-0.3, -0.25) is 19.2 Å². The molecule has 3 rings (SSSR count). The van der Waals surface area contributed by atoms with E-state index in [2.05, 4.69) is 10.6 Å². The van der Waals surface area contributed by atoms with Crippen LogP contribution in [0.3, 0.4) is 0 Å². The predicted molar refractivity (Wildman–Crippen MR) is 114 cm³/mol. The lowest BCUT2D eigenvalue weighted by Crippen LogP contribution is -2.28. The van der Waals surface area contributed by atoms with Crippen molar-refractivity contribution in [2.75, 3.05) is 35.8 Å². The number of hydrogen-bond donors (Lipinski definition) is 2. The molecule has 0 aromatic heterocycles. The molecule has 1 aliphatic rings. The summed E-state index contributed by atoms with van der Waals surface area (Å²) < 4.78 is 10.3. The second-order valence-electron chi connectivity index (χ2n) is 7.02. The molecule has 31 heavy (non-hydrogen) atoms. The summed E-state index contributed by atoms with van der Waals surface area (Å²) in [5, 5.41) is 5.23. The highest BCUT2D eigenvalue weighted by molar-refractivity contribution is 6.00. The zero-order valence-electron chi connectivity index (χ0n) is 17.2. The van der Waals surface area contributed by atoms with Gasteiger partial charge in [0, 0.05) is 43.0 Å². The summed E-state index contributed by atoms with van der Waals surface area (Å²) >= 11 is 0. The molecule has 0 bridgehead atoms. The van der Waals surface area contributed by atoms with E-state index in [-0.39, 0.29) is 24.8 Å². The van der Waals surface area contributed by atoms with Crippen molar-refractivity contribution in [2.24, 2.45) is 5.92 Å². The van der Waals surface area contributed by atoms with E-state index in [0.717, 1.165) is 0 Å². The van der Waals surface area contributed by atoms with Crippen LogP contribution in [0, 0.1) is 5.92 Å². The minimum absolute atomic E-state index is 0.0161. The summed E-state index contributed by atoms with van der Waals surface area (Å²) in [5.41, 5.74) is 1.74. The Hall–Kier alpha value is -3.88. The summed E-state index contributed by atoms with van der Waals surface area (Å²) in [6, 6.07) is 13.5. The number of ether oxygens (including phenoxy) is 2. The maximum atomic E-state index is 12.3. The fourth-order valence-corrected chi connectivity index (χ4v) is 3.19. The Morgan fingerprint density at radius 1 is 1.06 bits per heavy atom. The first-order valence-corrected chi connectivity index (χ1v) is 9.64. The van der Waals surface area contributed by atoms with Gasteiger partial charge in [-0.2, -0.15) is 0 Å². The quantitative estimate of drug-likeness (QED) is 0.658. The number of anilines is 3. The highest BCUT2D eigenvalue weighted by atomic mass is 16.5. The maximum absolute atomic E-state index is 12.3. The van der Waals surface area contributed by atoms with Crippen LogP contribution >= 0.6 is 0 Å². The molecule has 1 atom stereocenters. The van der Waals surface area contributed by atoms with Crippen LogP contribution in [-0.4, -0.2) is 44.0 Å². The molecule has 1 aliphatic heterocycles. The summed E-state index contributed by atoms with van der Waals surface area (Å²) in [6.07, 6.45) is 0.0161. The Balaban J connectivity index is 1.49. The molecule has 9 nitrogen and oxygen atoms in total. The topological polar surface area (TPSA) is 114 Å². The Morgan fingerprint density at radius 2 is 1.74 bits per heavy atom. The Bertz CT molecular complexity index is 989. The minimum atomic E-state index is -0.650. The summed E-state index contributed by atoms with van der Waals surface area (Å²) in [5.74, 6) is -1.54. The van der Waals surface area contributed by atoms with Crippen molar-refractivity contribution in [3.63, 3.8) is 0 Å². The van der Waals surface area contributed by atoms with Gasteiger partial charge in [-0.1, -0.05) is 6.07 Å². The molecule has 1 saturated heterocycles. The summed E-state index contributed by atoms with van der Waals surface area (Å²) in [6.45, 7) is 1.12. The molecule has 0 aliphatic carbocycles. The number of rotatable bonds is 7. The molecule has 1 heterocycles. The van der Waals surface area contributed by atoms with E-state index in [9.17, 15) is 19.2 Å². The third-order valence-corrected chi connectivity index (χ3v) is 4.66. The van der Waals surface area contributed by atoms with Gasteiger partial charge in [0.2, 0.25) is 11.8 Å². The lowest BCUT2D eigenvalue weighted by Gasteiger charge is -2.17. The monoisotopic (exact) mass is 425 g/mol. The van der Waals surface area contributed by atoms with Crippen molar-refractivity contribution in [1.29, 1.82) is 0 Å². The number of benzene rings is 2. The molecule has 162 valence electrons. The lowest BCUT2D eigenvalue weighted by molar-refractivity contribution is -0.151. The SMILES string of the molecule is COc1cccc(N2C[C@H](C(=O)OCC(=O)Nc3ccc(NC(C)=O)cc3)CC2=O)c1. The summed E-state index contributed by atoms with van der Waals surface area (Å²) in [4.78, 5) is 49.3. The van der Waals surface area contributed by atoms with E-state index in [1.54, 1.807) is 48.5 Å². The van der Waals surface area contributed by atoms with Crippen LogP contribution in [0.15, 0.2) is 48.5 Å². The number of nitrogens with zero attached hydrogens (tertiary/aromatic N) is 1. The molecule has 0 saturated carbocycles. The molecule has 0 radical (unpaired) electrons. The van der Waals surface area contributed by atoms with E-state index < -0.39 is 24.4 Å². The second-order valence-corrected chi connectivity index (χ2v) is 7.02. The smallest absolute Gasteiger partial charge is 0.311 e. The number of hydrogen-bond acceptors (Lipinski definition) is 6. The van der Waals surface area contributed by atoms with Crippen molar-refractivity contribution >= 4 is 40.8 Å². The molecule has 9 heteroatoms. The van der Waals surface area contributed by atoms with Gasteiger partial charge in [0.15, 0.2) is 6.61 Å². The molecule has 2 aromatic carbocycles. The van der Waals surface area contributed by atoms with Gasteiger partial charge in [-0.05, 0) is 36.4 Å². The van der Waals surface area contributed by atoms with Gasteiger partial charge < -0.3 is 25.0 Å².